The Hall–Kier alpha value is -2.76. The number of aromatic nitrogens is 2. The van der Waals surface area contributed by atoms with Crippen molar-refractivity contribution in [1.29, 1.82) is 0 Å². The van der Waals surface area contributed by atoms with Crippen LogP contribution in [0, 0.1) is 0 Å². The third-order valence-corrected chi connectivity index (χ3v) is 7.40. The molecule has 172 valence electrons. The first-order chi connectivity index (χ1) is 15.5. The van der Waals surface area contributed by atoms with Crippen LogP contribution in [-0.4, -0.2) is 86.3 Å². The second kappa shape index (κ2) is 9.80. The van der Waals surface area contributed by atoms with E-state index in [-0.39, 0.29) is 16.9 Å². The van der Waals surface area contributed by atoms with E-state index in [4.69, 9.17) is 14.2 Å². The lowest BCUT2D eigenvalue weighted by atomic mass is 10.1. The van der Waals surface area contributed by atoms with Crippen LogP contribution in [0.15, 0.2) is 41.3 Å². The molecule has 0 radical (unpaired) electrons. The molecule has 1 amide bonds. The summed E-state index contributed by atoms with van der Waals surface area (Å²) in [6.45, 7) is 2.46. The lowest BCUT2D eigenvalue weighted by Gasteiger charge is -2.32. The predicted molar refractivity (Wildman–Crippen MR) is 114 cm³/mol. The van der Waals surface area contributed by atoms with Crippen LogP contribution in [0.3, 0.4) is 0 Å². The standard InChI is InChI=1S/C21H26N4O6S/c1-29-19-8-9-20(23-22-19)31-17-3-2-10-24(15-17)21(26)16-4-6-18(7-5-16)32(27,28)25-11-13-30-14-12-25/h4-9,17H,2-3,10-15H2,1H3. The maximum atomic E-state index is 13.0. The Balaban J connectivity index is 1.39. The number of amides is 1. The Morgan fingerprint density at radius 1 is 1.03 bits per heavy atom. The van der Waals surface area contributed by atoms with Gasteiger partial charge in [0, 0.05) is 37.3 Å². The highest BCUT2D eigenvalue weighted by atomic mass is 32.2. The van der Waals surface area contributed by atoms with Crippen LogP contribution in [0.4, 0.5) is 0 Å². The SMILES string of the molecule is COc1ccc(OC2CCCN(C(=O)c3ccc(S(=O)(=O)N4CCOCC4)cc3)C2)nn1. The summed E-state index contributed by atoms with van der Waals surface area (Å²) in [6.07, 6.45) is 1.40. The average molecular weight is 463 g/mol. The van der Waals surface area contributed by atoms with Crippen LogP contribution in [-0.2, 0) is 14.8 Å². The van der Waals surface area contributed by atoms with Crippen molar-refractivity contribution in [3.8, 4) is 11.8 Å². The van der Waals surface area contributed by atoms with E-state index in [0.29, 0.717) is 56.7 Å². The third-order valence-electron chi connectivity index (χ3n) is 5.49. The topological polar surface area (TPSA) is 111 Å². The maximum Gasteiger partial charge on any atom is 0.253 e. The summed E-state index contributed by atoms with van der Waals surface area (Å²) in [4.78, 5) is 14.9. The van der Waals surface area contributed by atoms with Gasteiger partial charge in [0.15, 0.2) is 0 Å². The van der Waals surface area contributed by atoms with Crippen molar-refractivity contribution in [2.24, 2.45) is 0 Å². The minimum absolute atomic E-state index is 0.158. The molecule has 10 nitrogen and oxygen atoms in total. The molecule has 0 N–H and O–H groups in total. The van der Waals surface area contributed by atoms with Gasteiger partial charge in [0.25, 0.3) is 5.91 Å². The smallest absolute Gasteiger partial charge is 0.253 e. The van der Waals surface area contributed by atoms with Gasteiger partial charge in [-0.15, -0.1) is 10.2 Å². The van der Waals surface area contributed by atoms with Crippen molar-refractivity contribution in [1.82, 2.24) is 19.4 Å². The molecule has 1 atom stereocenters. The minimum atomic E-state index is -3.59. The predicted octanol–water partition coefficient (Wildman–Crippen LogP) is 1.19. The van der Waals surface area contributed by atoms with Crippen LogP contribution >= 0.6 is 0 Å². The highest BCUT2D eigenvalue weighted by molar-refractivity contribution is 7.89. The molecule has 4 rings (SSSR count). The molecule has 32 heavy (non-hydrogen) atoms. The van der Waals surface area contributed by atoms with Gasteiger partial charge < -0.3 is 19.1 Å². The van der Waals surface area contributed by atoms with Gasteiger partial charge in [0.1, 0.15) is 6.10 Å². The molecular weight excluding hydrogens is 436 g/mol. The van der Waals surface area contributed by atoms with Crippen LogP contribution < -0.4 is 9.47 Å². The first-order valence-electron chi connectivity index (χ1n) is 10.5. The van der Waals surface area contributed by atoms with Crippen LogP contribution in [0.1, 0.15) is 23.2 Å². The summed E-state index contributed by atoms with van der Waals surface area (Å²) in [5, 5.41) is 7.86. The molecule has 2 aliphatic heterocycles. The molecule has 1 aromatic heterocycles. The number of benzene rings is 1. The number of likely N-dealkylation sites (tertiary alicyclic amines) is 1. The van der Waals surface area contributed by atoms with Crippen molar-refractivity contribution >= 4 is 15.9 Å². The number of hydrogen-bond acceptors (Lipinski definition) is 8. The molecule has 1 unspecified atom stereocenters. The summed E-state index contributed by atoms with van der Waals surface area (Å²) in [5.74, 6) is 0.620. The lowest BCUT2D eigenvalue weighted by molar-refractivity contribution is 0.0525. The number of carbonyl (C=O) groups excluding carboxylic acids is 1. The molecule has 1 aromatic carbocycles. The Bertz CT molecular complexity index is 1020. The molecule has 2 aromatic rings. The first-order valence-corrected chi connectivity index (χ1v) is 11.9. The number of morpholine rings is 1. The monoisotopic (exact) mass is 462 g/mol. The van der Waals surface area contributed by atoms with Gasteiger partial charge in [-0.05, 0) is 37.1 Å². The van der Waals surface area contributed by atoms with Gasteiger partial charge >= 0.3 is 0 Å². The Kier molecular flexibility index (Phi) is 6.87. The number of carbonyl (C=O) groups is 1. The molecule has 11 heteroatoms. The first kappa shape index (κ1) is 22.4. The van der Waals surface area contributed by atoms with E-state index in [2.05, 4.69) is 10.2 Å². The number of hydrogen-bond donors (Lipinski definition) is 0. The number of piperidine rings is 1. The number of methoxy groups -OCH3 is 1. The van der Waals surface area contributed by atoms with Crippen molar-refractivity contribution in [2.75, 3.05) is 46.5 Å². The summed E-state index contributed by atoms with van der Waals surface area (Å²) < 4.78 is 43.0. The van der Waals surface area contributed by atoms with E-state index in [1.165, 1.54) is 23.5 Å². The zero-order valence-corrected chi connectivity index (χ0v) is 18.7. The van der Waals surface area contributed by atoms with E-state index < -0.39 is 10.0 Å². The fourth-order valence-corrected chi connectivity index (χ4v) is 5.17. The maximum absolute atomic E-state index is 13.0. The Morgan fingerprint density at radius 3 is 2.38 bits per heavy atom. The second-order valence-electron chi connectivity index (χ2n) is 7.59. The van der Waals surface area contributed by atoms with E-state index in [0.717, 1.165) is 12.8 Å². The average Bonchev–Trinajstić information content (AvgIpc) is 2.85. The molecule has 0 saturated carbocycles. The summed E-state index contributed by atoms with van der Waals surface area (Å²) >= 11 is 0. The van der Waals surface area contributed by atoms with Crippen molar-refractivity contribution in [2.45, 2.75) is 23.8 Å². The van der Waals surface area contributed by atoms with Gasteiger partial charge in [-0.25, -0.2) is 8.42 Å². The van der Waals surface area contributed by atoms with Crippen LogP contribution in [0.25, 0.3) is 0 Å². The Labute approximate surface area is 187 Å². The molecular formula is C21H26N4O6S. The van der Waals surface area contributed by atoms with Gasteiger partial charge in [-0.2, -0.15) is 4.31 Å². The van der Waals surface area contributed by atoms with E-state index in [9.17, 15) is 13.2 Å². The van der Waals surface area contributed by atoms with Gasteiger partial charge in [-0.1, -0.05) is 0 Å². The summed E-state index contributed by atoms with van der Waals surface area (Å²) in [7, 11) is -2.08. The molecule has 0 aliphatic carbocycles. The third kappa shape index (κ3) is 5.00. The van der Waals surface area contributed by atoms with Crippen molar-refractivity contribution in [3.05, 3.63) is 42.0 Å². The zero-order valence-electron chi connectivity index (χ0n) is 17.8. The second-order valence-corrected chi connectivity index (χ2v) is 9.53. The quantitative estimate of drug-likeness (QED) is 0.630. The van der Waals surface area contributed by atoms with Crippen LogP contribution in [0.5, 0.6) is 11.8 Å². The zero-order chi connectivity index (χ0) is 22.6. The highest BCUT2D eigenvalue weighted by Crippen LogP contribution is 2.21. The van der Waals surface area contributed by atoms with E-state index >= 15 is 0 Å². The molecule has 0 bridgehead atoms. The van der Waals surface area contributed by atoms with Crippen LogP contribution in [0.2, 0.25) is 0 Å². The fraction of sp³-hybridized carbons (Fsp3) is 0.476. The minimum Gasteiger partial charge on any atom is -0.480 e. The molecule has 0 spiro atoms. The number of sulfonamides is 1. The number of rotatable bonds is 6. The van der Waals surface area contributed by atoms with E-state index in [1.54, 1.807) is 29.2 Å². The fourth-order valence-electron chi connectivity index (χ4n) is 3.76. The molecule has 2 aliphatic rings. The number of ether oxygens (including phenoxy) is 3. The lowest BCUT2D eigenvalue weighted by Crippen LogP contribution is -2.44. The number of nitrogens with zero attached hydrogens (tertiary/aromatic N) is 4. The highest BCUT2D eigenvalue weighted by Gasteiger charge is 2.28. The Morgan fingerprint density at radius 2 is 1.72 bits per heavy atom. The van der Waals surface area contributed by atoms with Gasteiger partial charge in [-0.3, -0.25) is 4.79 Å². The molecule has 2 saturated heterocycles. The van der Waals surface area contributed by atoms with Crippen molar-refractivity contribution in [3.63, 3.8) is 0 Å². The van der Waals surface area contributed by atoms with E-state index in [1.807, 2.05) is 0 Å². The summed E-state index contributed by atoms with van der Waals surface area (Å²) in [5.41, 5.74) is 0.441. The van der Waals surface area contributed by atoms with Gasteiger partial charge in [0.2, 0.25) is 21.8 Å². The normalized spacial score (nSPS) is 20.0. The summed E-state index contributed by atoms with van der Waals surface area (Å²) in [6, 6.07) is 9.46. The van der Waals surface area contributed by atoms with Gasteiger partial charge in [0.05, 0.1) is 31.8 Å². The van der Waals surface area contributed by atoms with Crippen molar-refractivity contribution < 1.29 is 27.4 Å². The molecule has 3 heterocycles. The largest absolute Gasteiger partial charge is 0.480 e. The molecule has 2 fully saturated rings.